The van der Waals surface area contributed by atoms with E-state index >= 15 is 0 Å². The fourth-order valence-electron chi connectivity index (χ4n) is 3.20. The summed E-state index contributed by atoms with van der Waals surface area (Å²) in [6.07, 6.45) is -4.82. The van der Waals surface area contributed by atoms with Crippen LogP contribution in [0.3, 0.4) is 0 Å². The average molecular weight is 416 g/mol. The van der Waals surface area contributed by atoms with E-state index in [1.54, 1.807) is 7.11 Å². The van der Waals surface area contributed by atoms with Gasteiger partial charge in [0.2, 0.25) is 0 Å². The smallest absolute Gasteiger partial charge is 0.335 e. The van der Waals surface area contributed by atoms with Crippen LogP contribution in [0.5, 0.6) is 5.75 Å². The van der Waals surface area contributed by atoms with Gasteiger partial charge in [-0.3, -0.25) is 0 Å². The number of benzene rings is 1. The van der Waals surface area contributed by atoms with Crippen molar-refractivity contribution in [1.82, 2.24) is 5.32 Å². The Hall–Kier alpha value is -2.47. The van der Waals surface area contributed by atoms with E-state index < -0.39 is 30.4 Å². The number of nitrogens with zero attached hydrogens (tertiary/aromatic N) is 1. The predicted octanol–water partition coefficient (Wildman–Crippen LogP) is -0.565. The molecule has 1 aromatic carbocycles. The molecule has 2 aliphatic heterocycles. The molecule has 3 rings (SSSR count). The summed E-state index contributed by atoms with van der Waals surface area (Å²) in [7, 11) is 1.66. The van der Waals surface area contributed by atoms with Gasteiger partial charge in [-0.1, -0.05) is 12.1 Å². The van der Waals surface area contributed by atoms with Gasteiger partial charge in [-0.05, 0) is 12.1 Å². The number of piperazine rings is 1. The summed E-state index contributed by atoms with van der Waals surface area (Å²) in [5.74, 6) is -2.79. The number of carboxylic acids is 2. The Balaban J connectivity index is 0.000000257. The number of alkyl halides is 1. The molecular formula is C18H25FN2O8. The van der Waals surface area contributed by atoms with E-state index in [0.29, 0.717) is 13.2 Å². The highest BCUT2D eigenvalue weighted by Gasteiger charge is 2.37. The van der Waals surface area contributed by atoms with Gasteiger partial charge in [0.25, 0.3) is 0 Å². The molecule has 1 fully saturated rings. The van der Waals surface area contributed by atoms with Gasteiger partial charge in [0.1, 0.15) is 11.9 Å². The summed E-state index contributed by atoms with van der Waals surface area (Å²) in [5, 5.41) is 35.7. The van der Waals surface area contributed by atoms with E-state index in [0.717, 1.165) is 24.4 Å². The average Bonchev–Trinajstić information content (AvgIpc) is 2.84. The summed E-state index contributed by atoms with van der Waals surface area (Å²) >= 11 is 0. The second kappa shape index (κ2) is 10.3. The zero-order valence-corrected chi connectivity index (χ0v) is 15.8. The number of hydrogen-bond donors (Lipinski definition) is 5. The van der Waals surface area contributed by atoms with E-state index in [4.69, 9.17) is 29.9 Å². The van der Waals surface area contributed by atoms with Crippen molar-refractivity contribution >= 4 is 17.6 Å². The Morgan fingerprint density at radius 1 is 1.24 bits per heavy atom. The number of carboxylic acid groups (broad SMARTS) is 2. The molecule has 2 heterocycles. The zero-order valence-electron chi connectivity index (χ0n) is 15.8. The van der Waals surface area contributed by atoms with Gasteiger partial charge in [0.05, 0.1) is 12.3 Å². The van der Waals surface area contributed by atoms with E-state index in [-0.39, 0.29) is 12.1 Å². The fourth-order valence-corrected chi connectivity index (χ4v) is 3.20. The molecule has 0 spiro atoms. The highest BCUT2D eigenvalue weighted by Crippen LogP contribution is 2.37. The number of carbonyl (C=O) groups is 2. The van der Waals surface area contributed by atoms with Crippen LogP contribution in [-0.2, 0) is 14.3 Å². The van der Waals surface area contributed by atoms with E-state index in [1.807, 2.05) is 29.2 Å². The number of aliphatic carboxylic acids is 2. The van der Waals surface area contributed by atoms with Crippen molar-refractivity contribution in [2.45, 2.75) is 37.1 Å². The lowest BCUT2D eigenvalue weighted by atomic mass is 10.1. The zero-order chi connectivity index (χ0) is 21.6. The summed E-state index contributed by atoms with van der Waals surface area (Å²) in [6, 6.07) is 7.76. The van der Waals surface area contributed by atoms with Crippen LogP contribution in [0, 0.1) is 0 Å². The van der Waals surface area contributed by atoms with Crippen molar-refractivity contribution < 1.29 is 43.9 Å². The normalized spacial score (nSPS) is 25.1. The molecule has 0 bridgehead atoms. The minimum Gasteiger partial charge on any atom is -0.486 e. The molecule has 1 saturated heterocycles. The van der Waals surface area contributed by atoms with Crippen LogP contribution < -0.4 is 15.0 Å². The van der Waals surface area contributed by atoms with Crippen LogP contribution in [-0.4, -0.2) is 89.8 Å². The molecule has 5 N–H and O–H groups in total. The van der Waals surface area contributed by atoms with Gasteiger partial charge < -0.3 is 40.1 Å². The number of methoxy groups -OCH3 is 1. The highest BCUT2D eigenvalue weighted by molar-refractivity contribution is 5.83. The Kier molecular flexibility index (Phi) is 8.14. The summed E-state index contributed by atoms with van der Waals surface area (Å²) in [4.78, 5) is 21.4. The molecule has 10 nitrogen and oxygen atoms in total. The number of fused-ring (bicyclic) bond motifs is 3. The summed E-state index contributed by atoms with van der Waals surface area (Å²) in [5.41, 5.74) is 0.847. The lowest BCUT2D eigenvalue weighted by Gasteiger charge is -2.39. The number of aliphatic hydroxyl groups is 2. The van der Waals surface area contributed by atoms with Crippen LogP contribution in [0.15, 0.2) is 24.3 Å². The minimum atomic E-state index is -2.27. The quantitative estimate of drug-likeness (QED) is 0.395. The van der Waals surface area contributed by atoms with Gasteiger partial charge in [0.15, 0.2) is 18.5 Å². The summed E-state index contributed by atoms with van der Waals surface area (Å²) < 4.78 is 25.4. The molecule has 162 valence electrons. The van der Waals surface area contributed by atoms with Crippen molar-refractivity contribution in [2.24, 2.45) is 0 Å². The number of anilines is 1. The first kappa shape index (κ1) is 22.8. The monoisotopic (exact) mass is 416 g/mol. The number of ether oxygens (including phenoxy) is 2. The standard InChI is InChI=1S/C14H19FN2O2.C4H6O6/c1-18-9-11-6-10-7-16-8-14(15)17(10)12-4-2-3-5-13(12)19-11;5-1(3(7)8)2(6)4(9)10/h2-5,10-11,14,16H,6-9H2,1H3;1-2,5-6H,(H,7,8)(H,9,10). The second-order valence-electron chi connectivity index (χ2n) is 6.62. The first-order valence-electron chi connectivity index (χ1n) is 8.95. The maximum absolute atomic E-state index is 14.3. The Morgan fingerprint density at radius 2 is 1.86 bits per heavy atom. The fraction of sp³-hybridized carbons (Fsp3) is 0.556. The van der Waals surface area contributed by atoms with Crippen LogP contribution in [0.1, 0.15) is 6.42 Å². The Morgan fingerprint density at radius 3 is 2.45 bits per heavy atom. The highest BCUT2D eigenvalue weighted by atomic mass is 19.1. The third-order valence-corrected chi connectivity index (χ3v) is 4.52. The van der Waals surface area contributed by atoms with Gasteiger partial charge in [0, 0.05) is 32.7 Å². The molecule has 0 aliphatic carbocycles. The molecule has 5 unspecified atom stereocenters. The van der Waals surface area contributed by atoms with E-state index in [1.165, 1.54) is 0 Å². The second-order valence-corrected chi connectivity index (χ2v) is 6.62. The van der Waals surface area contributed by atoms with Gasteiger partial charge in [-0.15, -0.1) is 0 Å². The minimum absolute atomic E-state index is 0.0340. The SMILES string of the molecule is COCC1CC2CNCC(F)N2c2ccccc2O1.O=C(O)C(O)C(O)C(=O)O. The maximum atomic E-state index is 14.3. The Labute approximate surface area is 166 Å². The van der Waals surface area contributed by atoms with Gasteiger partial charge in [-0.25, -0.2) is 14.0 Å². The molecule has 5 atom stereocenters. The molecular weight excluding hydrogens is 391 g/mol. The van der Waals surface area contributed by atoms with Crippen molar-refractivity contribution in [3.8, 4) is 5.75 Å². The van der Waals surface area contributed by atoms with Crippen molar-refractivity contribution in [2.75, 3.05) is 31.7 Å². The first-order valence-corrected chi connectivity index (χ1v) is 8.95. The van der Waals surface area contributed by atoms with Crippen LogP contribution in [0.2, 0.25) is 0 Å². The number of nitrogens with one attached hydrogen (secondary N) is 1. The number of hydrogen-bond acceptors (Lipinski definition) is 8. The van der Waals surface area contributed by atoms with Crippen LogP contribution >= 0.6 is 0 Å². The molecule has 0 radical (unpaired) electrons. The summed E-state index contributed by atoms with van der Waals surface area (Å²) in [6.45, 7) is 1.66. The van der Waals surface area contributed by atoms with Gasteiger partial charge >= 0.3 is 11.9 Å². The molecule has 1 aromatic rings. The molecule has 0 saturated carbocycles. The molecule has 0 aromatic heterocycles. The molecule has 0 amide bonds. The largest absolute Gasteiger partial charge is 0.486 e. The van der Waals surface area contributed by atoms with Crippen molar-refractivity contribution in [1.29, 1.82) is 0 Å². The van der Waals surface area contributed by atoms with E-state index in [9.17, 15) is 14.0 Å². The maximum Gasteiger partial charge on any atom is 0.335 e. The topological polar surface area (TPSA) is 149 Å². The first-order chi connectivity index (χ1) is 13.8. The number of para-hydroxylation sites is 2. The van der Waals surface area contributed by atoms with Crippen molar-refractivity contribution in [3.05, 3.63) is 24.3 Å². The third kappa shape index (κ3) is 5.76. The number of aliphatic hydroxyl groups excluding tert-OH is 2. The van der Waals surface area contributed by atoms with E-state index in [2.05, 4.69) is 5.32 Å². The third-order valence-electron chi connectivity index (χ3n) is 4.52. The van der Waals surface area contributed by atoms with Crippen LogP contribution in [0.4, 0.5) is 10.1 Å². The molecule has 2 aliphatic rings. The number of rotatable bonds is 5. The lowest BCUT2D eigenvalue weighted by Crippen LogP contribution is -2.56. The molecule has 11 heteroatoms. The Bertz CT molecular complexity index is 688. The van der Waals surface area contributed by atoms with Crippen molar-refractivity contribution in [3.63, 3.8) is 0 Å². The van der Waals surface area contributed by atoms with Crippen LogP contribution in [0.25, 0.3) is 0 Å². The number of halogens is 1. The van der Waals surface area contributed by atoms with Gasteiger partial charge in [-0.2, -0.15) is 0 Å². The molecule has 29 heavy (non-hydrogen) atoms. The predicted molar refractivity (Wildman–Crippen MR) is 98.7 cm³/mol. The lowest BCUT2D eigenvalue weighted by molar-refractivity contribution is -0.165.